The lowest BCUT2D eigenvalue weighted by Crippen LogP contribution is -2.50. The van der Waals surface area contributed by atoms with Gasteiger partial charge in [0, 0.05) is 5.92 Å². The zero-order chi connectivity index (χ0) is 24.2. The first-order valence-corrected chi connectivity index (χ1v) is 13.9. The molecule has 3 rings (SSSR count). The molecule has 0 radical (unpaired) electrons. The van der Waals surface area contributed by atoms with E-state index in [0.717, 1.165) is 24.2 Å². The van der Waals surface area contributed by atoms with Crippen molar-refractivity contribution >= 4 is 9.76 Å². The molecule has 3 nitrogen and oxygen atoms in total. The third-order valence-electron chi connectivity index (χ3n) is 7.44. The molecule has 2 aromatic rings. The number of benzene rings is 2. The minimum Gasteiger partial charge on any atom is -0.489 e. The molecule has 182 valence electrons. The largest absolute Gasteiger partial charge is 0.489 e. The molecule has 4 heteroatoms. The Balaban J connectivity index is 1.71. The SMILES string of the molecule is CCC1C(C)C(C(C)(C)O[SiH2]C(C)(C)C)CC(O)C1c1ccc(OCc2ccccc2)cc1. The minimum absolute atomic E-state index is 0.153. The first-order valence-electron chi connectivity index (χ1n) is 12.6. The predicted octanol–water partition coefficient (Wildman–Crippen LogP) is 6.49. The molecule has 0 bridgehead atoms. The highest BCUT2D eigenvalue weighted by atomic mass is 28.2. The van der Waals surface area contributed by atoms with Gasteiger partial charge in [-0.15, -0.1) is 0 Å². The number of aliphatic hydroxyl groups is 1. The monoisotopic (exact) mass is 468 g/mol. The summed E-state index contributed by atoms with van der Waals surface area (Å²) in [5, 5.41) is 11.6. The van der Waals surface area contributed by atoms with Crippen LogP contribution in [0.3, 0.4) is 0 Å². The Labute approximate surface area is 203 Å². The molecule has 2 aromatic carbocycles. The molecule has 5 atom stereocenters. The quantitative estimate of drug-likeness (QED) is 0.450. The fourth-order valence-electron chi connectivity index (χ4n) is 5.58. The average Bonchev–Trinajstić information content (AvgIpc) is 2.78. The van der Waals surface area contributed by atoms with Crippen LogP contribution in [0.4, 0.5) is 0 Å². The van der Waals surface area contributed by atoms with E-state index in [9.17, 15) is 5.11 Å². The van der Waals surface area contributed by atoms with Crippen LogP contribution in [0.25, 0.3) is 0 Å². The summed E-state index contributed by atoms with van der Waals surface area (Å²) in [6, 6.07) is 18.6. The number of rotatable bonds is 8. The second-order valence-corrected chi connectivity index (χ2v) is 14.4. The van der Waals surface area contributed by atoms with Gasteiger partial charge in [-0.05, 0) is 66.3 Å². The normalized spacial score (nSPS) is 26.6. The molecule has 0 saturated heterocycles. The van der Waals surface area contributed by atoms with Crippen molar-refractivity contribution in [2.24, 2.45) is 17.8 Å². The van der Waals surface area contributed by atoms with Crippen LogP contribution in [0.15, 0.2) is 54.6 Å². The van der Waals surface area contributed by atoms with Crippen LogP contribution in [-0.4, -0.2) is 26.6 Å². The van der Waals surface area contributed by atoms with E-state index in [0.29, 0.717) is 24.4 Å². The number of ether oxygens (including phenoxy) is 1. The van der Waals surface area contributed by atoms with Gasteiger partial charge >= 0.3 is 0 Å². The van der Waals surface area contributed by atoms with Crippen molar-refractivity contribution in [1.29, 1.82) is 0 Å². The van der Waals surface area contributed by atoms with Crippen molar-refractivity contribution in [3.05, 3.63) is 65.7 Å². The van der Waals surface area contributed by atoms with Crippen molar-refractivity contribution in [1.82, 2.24) is 0 Å². The smallest absolute Gasteiger partial charge is 0.167 e. The third kappa shape index (κ3) is 6.71. The topological polar surface area (TPSA) is 38.7 Å². The second-order valence-electron chi connectivity index (χ2n) is 11.7. The Morgan fingerprint density at radius 3 is 2.18 bits per heavy atom. The summed E-state index contributed by atoms with van der Waals surface area (Å²) in [7, 11) is -0.651. The highest BCUT2D eigenvalue weighted by Crippen LogP contribution is 2.50. The maximum absolute atomic E-state index is 11.3. The van der Waals surface area contributed by atoms with Crippen molar-refractivity contribution in [2.45, 2.75) is 90.6 Å². The van der Waals surface area contributed by atoms with Gasteiger partial charge in [-0.1, -0.05) is 83.5 Å². The standard InChI is InChI=1S/C29H44O3Si/c1-8-24-20(2)25(29(6,7)32-33-28(3,4)5)18-26(30)27(24)22-14-16-23(17-15-22)31-19-21-12-10-9-11-13-21/h9-17,20,24-27,30H,8,18-19,33H2,1-7H3. The van der Waals surface area contributed by atoms with E-state index in [1.807, 2.05) is 18.2 Å². The van der Waals surface area contributed by atoms with Crippen LogP contribution < -0.4 is 4.74 Å². The maximum atomic E-state index is 11.3. The van der Waals surface area contributed by atoms with Crippen LogP contribution >= 0.6 is 0 Å². The van der Waals surface area contributed by atoms with Crippen LogP contribution in [0.2, 0.25) is 5.04 Å². The third-order valence-corrected chi connectivity index (χ3v) is 9.19. The van der Waals surface area contributed by atoms with Gasteiger partial charge in [0.25, 0.3) is 0 Å². The van der Waals surface area contributed by atoms with E-state index in [1.165, 1.54) is 5.56 Å². The van der Waals surface area contributed by atoms with Gasteiger partial charge in [-0.2, -0.15) is 0 Å². The molecular formula is C29H44O3Si. The first kappa shape index (κ1) is 26.0. The van der Waals surface area contributed by atoms with E-state index >= 15 is 0 Å². The van der Waals surface area contributed by atoms with Crippen LogP contribution in [0, 0.1) is 17.8 Å². The fraction of sp³-hybridized carbons (Fsp3) is 0.586. The van der Waals surface area contributed by atoms with Crippen molar-refractivity contribution in [3.63, 3.8) is 0 Å². The van der Waals surface area contributed by atoms with Gasteiger partial charge in [-0.3, -0.25) is 0 Å². The molecule has 1 aliphatic carbocycles. The Morgan fingerprint density at radius 1 is 0.970 bits per heavy atom. The summed E-state index contributed by atoms with van der Waals surface area (Å²) in [6.07, 6.45) is 1.49. The molecule has 1 saturated carbocycles. The Morgan fingerprint density at radius 2 is 1.61 bits per heavy atom. The van der Waals surface area contributed by atoms with Gasteiger partial charge < -0.3 is 14.3 Å². The summed E-state index contributed by atoms with van der Waals surface area (Å²) in [5.41, 5.74) is 2.18. The van der Waals surface area contributed by atoms with E-state index < -0.39 is 9.76 Å². The van der Waals surface area contributed by atoms with Gasteiger partial charge in [0.1, 0.15) is 12.4 Å². The Hall–Kier alpha value is -1.62. The molecule has 33 heavy (non-hydrogen) atoms. The molecule has 1 aliphatic rings. The predicted molar refractivity (Wildman–Crippen MR) is 140 cm³/mol. The highest BCUT2D eigenvalue weighted by molar-refractivity contribution is 6.31. The molecule has 0 aliphatic heterocycles. The number of aliphatic hydroxyl groups excluding tert-OH is 1. The van der Waals surface area contributed by atoms with Crippen LogP contribution in [0.1, 0.15) is 78.4 Å². The zero-order valence-corrected chi connectivity index (χ0v) is 23.1. The average molecular weight is 469 g/mol. The fourth-order valence-corrected chi connectivity index (χ4v) is 6.60. The van der Waals surface area contributed by atoms with E-state index in [1.54, 1.807) is 0 Å². The molecule has 0 heterocycles. The van der Waals surface area contributed by atoms with Gasteiger partial charge in [0.15, 0.2) is 9.76 Å². The summed E-state index contributed by atoms with van der Waals surface area (Å²) < 4.78 is 12.6. The van der Waals surface area contributed by atoms with E-state index in [2.05, 4.69) is 84.9 Å². The minimum atomic E-state index is -0.651. The second kappa shape index (κ2) is 10.8. The van der Waals surface area contributed by atoms with Gasteiger partial charge in [-0.25, -0.2) is 0 Å². The van der Waals surface area contributed by atoms with Crippen LogP contribution in [-0.2, 0) is 11.0 Å². The molecule has 1 fully saturated rings. The van der Waals surface area contributed by atoms with Gasteiger partial charge in [0.05, 0.1) is 11.7 Å². The molecule has 5 unspecified atom stereocenters. The number of hydrogen-bond donors (Lipinski definition) is 1. The summed E-state index contributed by atoms with van der Waals surface area (Å²) in [6.45, 7) is 16.5. The number of hydrogen-bond acceptors (Lipinski definition) is 3. The van der Waals surface area contributed by atoms with E-state index in [4.69, 9.17) is 9.16 Å². The zero-order valence-electron chi connectivity index (χ0n) is 21.7. The van der Waals surface area contributed by atoms with Crippen molar-refractivity contribution < 1.29 is 14.3 Å². The Kier molecular flexibility index (Phi) is 8.47. The molecule has 0 amide bonds. The molecule has 0 spiro atoms. The summed E-state index contributed by atoms with van der Waals surface area (Å²) in [4.78, 5) is 0. The highest BCUT2D eigenvalue weighted by Gasteiger charge is 2.47. The Bertz CT molecular complexity index is 857. The van der Waals surface area contributed by atoms with Crippen molar-refractivity contribution in [3.8, 4) is 5.75 Å². The molecular weight excluding hydrogens is 424 g/mol. The maximum Gasteiger partial charge on any atom is 0.167 e. The molecule has 0 aromatic heterocycles. The lowest BCUT2D eigenvalue weighted by atomic mass is 9.59. The summed E-state index contributed by atoms with van der Waals surface area (Å²) in [5.74, 6) is 2.29. The van der Waals surface area contributed by atoms with E-state index in [-0.39, 0.29) is 22.7 Å². The lowest BCUT2D eigenvalue weighted by molar-refractivity contribution is -0.0720. The van der Waals surface area contributed by atoms with Crippen LogP contribution in [0.5, 0.6) is 5.75 Å². The van der Waals surface area contributed by atoms with Crippen molar-refractivity contribution in [2.75, 3.05) is 0 Å². The summed E-state index contributed by atoms with van der Waals surface area (Å²) >= 11 is 0. The molecule has 1 N–H and O–H groups in total. The lowest BCUT2D eigenvalue weighted by Gasteiger charge is -2.50. The van der Waals surface area contributed by atoms with Gasteiger partial charge in [0.2, 0.25) is 0 Å². The first-order chi connectivity index (χ1) is 15.5.